The van der Waals surface area contributed by atoms with Crippen molar-refractivity contribution in [3.63, 3.8) is 0 Å². The number of nitrogens with one attached hydrogen (secondary N) is 1. The first kappa shape index (κ1) is 12.6. The van der Waals surface area contributed by atoms with Gasteiger partial charge in [0.2, 0.25) is 0 Å². The quantitative estimate of drug-likeness (QED) is 0.694. The molecule has 6 heteroatoms. The molecule has 1 aliphatic rings. The number of hydrogen-bond donors (Lipinski definition) is 3. The lowest BCUT2D eigenvalue weighted by atomic mass is 10.3. The minimum Gasteiger partial charge on any atom is -0.477 e. The summed E-state index contributed by atoms with van der Waals surface area (Å²) >= 11 is 0. The van der Waals surface area contributed by atoms with Crippen LogP contribution < -0.4 is 11.1 Å². The summed E-state index contributed by atoms with van der Waals surface area (Å²) in [6.45, 7) is 1.59. The molecule has 2 rings (SSSR count). The second kappa shape index (κ2) is 5.22. The fraction of sp³-hybridized carbons (Fsp3) is 0.500. The number of aromatic nitrogens is 1. The Morgan fingerprint density at radius 2 is 2.33 bits per heavy atom. The number of pyridine rings is 1. The average molecular weight is 250 g/mol. The molecule has 0 unspecified atom stereocenters. The Morgan fingerprint density at radius 3 is 2.94 bits per heavy atom. The summed E-state index contributed by atoms with van der Waals surface area (Å²) in [5.74, 6) is -0.604. The highest BCUT2D eigenvalue weighted by Crippen LogP contribution is 2.24. The first-order valence-electron chi connectivity index (χ1n) is 6.02. The first-order chi connectivity index (χ1) is 8.58. The summed E-state index contributed by atoms with van der Waals surface area (Å²) < 4.78 is 0. The zero-order chi connectivity index (χ0) is 13.1. The third-order valence-electron chi connectivity index (χ3n) is 3.07. The lowest BCUT2D eigenvalue weighted by Gasteiger charge is -2.16. The molecule has 1 aromatic rings. The molecule has 4 N–H and O–H groups in total. The SMILES string of the molecule is CN(CCNc1nc(C(=O)O)ccc1N)C1CC1. The topological polar surface area (TPSA) is 91.5 Å². The van der Waals surface area contributed by atoms with E-state index in [0.717, 1.165) is 6.54 Å². The van der Waals surface area contributed by atoms with Gasteiger partial charge in [-0.3, -0.25) is 0 Å². The third kappa shape index (κ3) is 3.10. The molecule has 1 fully saturated rings. The van der Waals surface area contributed by atoms with Gasteiger partial charge in [0.05, 0.1) is 5.69 Å². The minimum absolute atomic E-state index is 0.00208. The highest BCUT2D eigenvalue weighted by molar-refractivity contribution is 5.86. The van der Waals surface area contributed by atoms with Crippen molar-refractivity contribution in [2.45, 2.75) is 18.9 Å². The van der Waals surface area contributed by atoms with Gasteiger partial charge < -0.3 is 21.1 Å². The first-order valence-corrected chi connectivity index (χ1v) is 6.02. The lowest BCUT2D eigenvalue weighted by Crippen LogP contribution is -2.27. The fourth-order valence-electron chi connectivity index (χ4n) is 1.78. The maximum atomic E-state index is 10.8. The van der Waals surface area contributed by atoms with Gasteiger partial charge in [0, 0.05) is 19.1 Å². The highest BCUT2D eigenvalue weighted by Gasteiger charge is 2.25. The van der Waals surface area contributed by atoms with Crippen LogP contribution in [0.15, 0.2) is 12.1 Å². The van der Waals surface area contributed by atoms with E-state index in [2.05, 4.69) is 22.2 Å². The third-order valence-corrected chi connectivity index (χ3v) is 3.07. The molecule has 1 saturated carbocycles. The molecule has 0 aliphatic heterocycles. The van der Waals surface area contributed by atoms with Crippen molar-refractivity contribution in [1.82, 2.24) is 9.88 Å². The summed E-state index contributed by atoms with van der Waals surface area (Å²) in [4.78, 5) is 17.1. The second-order valence-electron chi connectivity index (χ2n) is 4.58. The van der Waals surface area contributed by atoms with Crippen LogP contribution in [0.4, 0.5) is 11.5 Å². The van der Waals surface area contributed by atoms with E-state index < -0.39 is 5.97 Å². The van der Waals surface area contributed by atoms with Crippen molar-refractivity contribution in [2.75, 3.05) is 31.2 Å². The number of rotatable bonds is 6. The fourth-order valence-corrected chi connectivity index (χ4v) is 1.78. The zero-order valence-corrected chi connectivity index (χ0v) is 10.4. The molecule has 98 valence electrons. The van der Waals surface area contributed by atoms with E-state index >= 15 is 0 Å². The maximum absolute atomic E-state index is 10.8. The van der Waals surface area contributed by atoms with E-state index in [0.29, 0.717) is 24.1 Å². The maximum Gasteiger partial charge on any atom is 0.354 e. The molecule has 0 spiro atoms. The molecule has 0 saturated heterocycles. The van der Waals surface area contributed by atoms with E-state index in [9.17, 15) is 4.79 Å². The van der Waals surface area contributed by atoms with Crippen LogP contribution in [0.3, 0.4) is 0 Å². The number of hydrogen-bond acceptors (Lipinski definition) is 5. The highest BCUT2D eigenvalue weighted by atomic mass is 16.4. The number of likely N-dealkylation sites (N-methyl/N-ethyl adjacent to an activating group) is 1. The van der Waals surface area contributed by atoms with Crippen molar-refractivity contribution in [3.8, 4) is 0 Å². The Kier molecular flexibility index (Phi) is 3.66. The number of carboxylic acid groups (broad SMARTS) is 1. The Labute approximate surface area is 106 Å². The second-order valence-corrected chi connectivity index (χ2v) is 4.58. The number of carbonyl (C=O) groups is 1. The molecule has 0 atom stereocenters. The van der Waals surface area contributed by atoms with Gasteiger partial charge in [-0.15, -0.1) is 0 Å². The van der Waals surface area contributed by atoms with Gasteiger partial charge in [0.25, 0.3) is 0 Å². The van der Waals surface area contributed by atoms with Crippen molar-refractivity contribution in [3.05, 3.63) is 17.8 Å². The summed E-state index contributed by atoms with van der Waals surface area (Å²) in [6.07, 6.45) is 2.54. The standard InChI is InChI=1S/C12H18N4O2/c1-16(8-2-3-8)7-6-14-11-9(13)4-5-10(15-11)12(17)18/h4-5,8H,2-3,6-7,13H2,1H3,(H,14,15)(H,17,18). The molecule has 18 heavy (non-hydrogen) atoms. The van der Waals surface area contributed by atoms with Crippen LogP contribution in [0, 0.1) is 0 Å². The van der Waals surface area contributed by atoms with Gasteiger partial charge >= 0.3 is 5.97 Å². The minimum atomic E-state index is -1.05. The Bertz CT molecular complexity index is 446. The number of anilines is 2. The molecule has 6 nitrogen and oxygen atoms in total. The predicted molar refractivity (Wildman–Crippen MR) is 69.8 cm³/mol. The average Bonchev–Trinajstić information content (AvgIpc) is 3.15. The molecule has 0 radical (unpaired) electrons. The molecule has 1 aromatic heterocycles. The van der Waals surface area contributed by atoms with E-state index in [1.165, 1.54) is 18.9 Å². The summed E-state index contributed by atoms with van der Waals surface area (Å²) in [6, 6.07) is 3.67. The Hall–Kier alpha value is -1.82. The zero-order valence-electron chi connectivity index (χ0n) is 10.4. The number of nitrogens with zero attached hydrogens (tertiary/aromatic N) is 2. The predicted octanol–water partition coefficient (Wildman–Crippen LogP) is 0.868. The molecule has 1 aliphatic carbocycles. The van der Waals surface area contributed by atoms with Crippen LogP contribution in [0.25, 0.3) is 0 Å². The van der Waals surface area contributed by atoms with E-state index in [4.69, 9.17) is 10.8 Å². The largest absolute Gasteiger partial charge is 0.477 e. The van der Waals surface area contributed by atoms with E-state index in [1.807, 2.05) is 0 Å². The van der Waals surface area contributed by atoms with Gasteiger partial charge in [-0.05, 0) is 32.0 Å². The van der Waals surface area contributed by atoms with Crippen LogP contribution in [-0.2, 0) is 0 Å². The smallest absolute Gasteiger partial charge is 0.354 e. The van der Waals surface area contributed by atoms with Gasteiger partial charge in [-0.1, -0.05) is 0 Å². The van der Waals surface area contributed by atoms with E-state index in [1.54, 1.807) is 6.07 Å². The van der Waals surface area contributed by atoms with Crippen molar-refractivity contribution in [2.24, 2.45) is 0 Å². The normalized spacial score (nSPS) is 14.8. The van der Waals surface area contributed by atoms with Gasteiger partial charge in [-0.25, -0.2) is 9.78 Å². The van der Waals surface area contributed by atoms with Crippen LogP contribution >= 0.6 is 0 Å². The molecule has 1 heterocycles. The number of carboxylic acids is 1. The number of nitrogens with two attached hydrogens (primary N) is 1. The molecular weight excluding hydrogens is 232 g/mol. The van der Waals surface area contributed by atoms with Crippen LogP contribution in [0.2, 0.25) is 0 Å². The summed E-state index contributed by atoms with van der Waals surface area (Å²) in [5.41, 5.74) is 6.22. The molecule has 0 aromatic carbocycles. The number of nitrogen functional groups attached to an aromatic ring is 1. The van der Waals surface area contributed by atoms with Crippen molar-refractivity contribution in [1.29, 1.82) is 0 Å². The molecule has 0 bridgehead atoms. The Balaban J connectivity index is 1.91. The van der Waals surface area contributed by atoms with Crippen LogP contribution in [-0.4, -0.2) is 47.1 Å². The van der Waals surface area contributed by atoms with Gasteiger partial charge in [0.1, 0.15) is 5.82 Å². The molecular formula is C12H18N4O2. The summed E-state index contributed by atoms with van der Waals surface area (Å²) in [5, 5.41) is 11.9. The number of aromatic carboxylic acids is 1. The van der Waals surface area contributed by atoms with E-state index in [-0.39, 0.29) is 5.69 Å². The van der Waals surface area contributed by atoms with Gasteiger partial charge in [0.15, 0.2) is 5.69 Å². The lowest BCUT2D eigenvalue weighted by molar-refractivity contribution is 0.0690. The molecule has 0 amide bonds. The van der Waals surface area contributed by atoms with Crippen LogP contribution in [0.1, 0.15) is 23.3 Å². The monoisotopic (exact) mass is 250 g/mol. The van der Waals surface area contributed by atoms with Crippen molar-refractivity contribution >= 4 is 17.5 Å². The van der Waals surface area contributed by atoms with Gasteiger partial charge in [-0.2, -0.15) is 0 Å². The van der Waals surface area contributed by atoms with Crippen LogP contribution in [0.5, 0.6) is 0 Å². The van der Waals surface area contributed by atoms with Crippen molar-refractivity contribution < 1.29 is 9.90 Å². The summed E-state index contributed by atoms with van der Waals surface area (Å²) in [7, 11) is 2.09. The Morgan fingerprint density at radius 1 is 1.61 bits per heavy atom.